The Morgan fingerprint density at radius 2 is 2.12 bits per heavy atom. The van der Waals surface area contributed by atoms with E-state index < -0.39 is 0 Å². The van der Waals surface area contributed by atoms with Crippen molar-refractivity contribution in [2.45, 2.75) is 32.7 Å². The highest BCUT2D eigenvalue weighted by Crippen LogP contribution is 2.32. The molecule has 0 bridgehead atoms. The molecule has 0 N–H and O–H groups in total. The first-order valence-corrected chi connectivity index (χ1v) is 8.21. The Morgan fingerprint density at radius 1 is 1.25 bits per heavy atom. The van der Waals surface area contributed by atoms with Crippen molar-refractivity contribution in [3.8, 4) is 0 Å². The number of amides is 1. The first kappa shape index (κ1) is 14.9. The highest BCUT2D eigenvalue weighted by atomic mass is 16.3. The highest BCUT2D eigenvalue weighted by Gasteiger charge is 2.31. The van der Waals surface area contributed by atoms with Crippen molar-refractivity contribution in [3.05, 3.63) is 59.4 Å². The van der Waals surface area contributed by atoms with Crippen molar-refractivity contribution in [1.29, 1.82) is 0 Å². The fraction of sp³-hybridized carbons (Fsp3) is 0.316. The van der Waals surface area contributed by atoms with Gasteiger partial charge in [-0.15, -0.1) is 0 Å². The number of rotatable bonds is 2. The van der Waals surface area contributed by atoms with Crippen LogP contribution in [-0.4, -0.2) is 27.3 Å². The molecule has 5 nitrogen and oxygen atoms in total. The van der Waals surface area contributed by atoms with E-state index >= 15 is 0 Å². The molecule has 0 spiro atoms. The van der Waals surface area contributed by atoms with Gasteiger partial charge in [-0.3, -0.25) is 14.8 Å². The van der Waals surface area contributed by atoms with E-state index in [9.17, 15) is 4.79 Å². The van der Waals surface area contributed by atoms with Crippen LogP contribution in [0.3, 0.4) is 0 Å². The van der Waals surface area contributed by atoms with E-state index in [0.29, 0.717) is 5.56 Å². The second-order valence-corrected chi connectivity index (χ2v) is 6.35. The second kappa shape index (κ2) is 5.74. The zero-order chi connectivity index (χ0) is 16.7. The van der Waals surface area contributed by atoms with E-state index in [1.807, 2.05) is 43.0 Å². The van der Waals surface area contributed by atoms with Gasteiger partial charge in [-0.25, -0.2) is 0 Å². The van der Waals surface area contributed by atoms with Crippen LogP contribution in [-0.2, 0) is 0 Å². The topological polar surface area (TPSA) is 59.2 Å². The van der Waals surface area contributed by atoms with Crippen molar-refractivity contribution in [2.75, 3.05) is 6.54 Å². The maximum Gasteiger partial charge on any atom is 0.254 e. The van der Waals surface area contributed by atoms with Gasteiger partial charge in [0.1, 0.15) is 11.3 Å². The third kappa shape index (κ3) is 2.56. The van der Waals surface area contributed by atoms with Gasteiger partial charge in [-0.05, 0) is 51.0 Å². The minimum atomic E-state index is 0.00619. The van der Waals surface area contributed by atoms with Gasteiger partial charge >= 0.3 is 0 Å². The molecular formula is C19H19N3O2. The van der Waals surface area contributed by atoms with Crippen molar-refractivity contribution in [3.63, 3.8) is 0 Å². The average Bonchev–Trinajstić information content (AvgIpc) is 3.18. The molecule has 3 aromatic rings. The van der Waals surface area contributed by atoms with Crippen LogP contribution in [0.4, 0.5) is 0 Å². The molecule has 1 aliphatic heterocycles. The molecule has 1 saturated heterocycles. The number of carbonyl (C=O) groups excluding carboxylic acids is 1. The van der Waals surface area contributed by atoms with Crippen LogP contribution in [0.25, 0.3) is 11.0 Å². The third-order valence-electron chi connectivity index (χ3n) is 4.52. The van der Waals surface area contributed by atoms with Gasteiger partial charge in [0.2, 0.25) is 0 Å². The van der Waals surface area contributed by atoms with Crippen LogP contribution in [0.1, 0.15) is 46.4 Å². The summed E-state index contributed by atoms with van der Waals surface area (Å²) in [6, 6.07) is 7.58. The third-order valence-corrected chi connectivity index (χ3v) is 4.52. The Labute approximate surface area is 140 Å². The second-order valence-electron chi connectivity index (χ2n) is 6.35. The van der Waals surface area contributed by atoms with Crippen molar-refractivity contribution in [1.82, 2.24) is 14.9 Å². The summed E-state index contributed by atoms with van der Waals surface area (Å²) < 4.78 is 5.59. The molecule has 1 atom stereocenters. The lowest BCUT2D eigenvalue weighted by atomic mass is 10.1. The largest absolute Gasteiger partial charge is 0.461 e. The van der Waals surface area contributed by atoms with E-state index in [2.05, 4.69) is 9.97 Å². The number of aromatic nitrogens is 2. The molecule has 0 radical (unpaired) electrons. The maximum atomic E-state index is 13.0. The summed E-state index contributed by atoms with van der Waals surface area (Å²) in [5, 5.41) is 0.962. The minimum absolute atomic E-state index is 0.00619. The van der Waals surface area contributed by atoms with Crippen LogP contribution < -0.4 is 0 Å². The van der Waals surface area contributed by atoms with Gasteiger partial charge in [0.05, 0.1) is 23.6 Å². The Balaban J connectivity index is 1.66. The lowest BCUT2D eigenvalue weighted by Gasteiger charge is -2.24. The van der Waals surface area contributed by atoms with E-state index in [-0.39, 0.29) is 11.9 Å². The molecule has 122 valence electrons. The molecule has 0 saturated carbocycles. The number of furan rings is 1. The van der Waals surface area contributed by atoms with Crippen LogP contribution in [0.2, 0.25) is 0 Å². The number of aryl methyl sites for hydroxylation is 2. The lowest BCUT2D eigenvalue weighted by molar-refractivity contribution is 0.0732. The van der Waals surface area contributed by atoms with Crippen molar-refractivity contribution in [2.24, 2.45) is 0 Å². The summed E-state index contributed by atoms with van der Waals surface area (Å²) in [5.74, 6) is 0.894. The van der Waals surface area contributed by atoms with Gasteiger partial charge in [-0.1, -0.05) is 0 Å². The summed E-state index contributed by atoms with van der Waals surface area (Å²) in [7, 11) is 0. The van der Waals surface area contributed by atoms with E-state index in [1.165, 1.54) is 0 Å². The molecule has 24 heavy (non-hydrogen) atoms. The normalized spacial score (nSPS) is 17.6. The number of carbonyl (C=O) groups is 1. The van der Waals surface area contributed by atoms with Crippen LogP contribution in [0.15, 0.2) is 41.1 Å². The zero-order valence-electron chi connectivity index (χ0n) is 13.8. The molecule has 0 aliphatic carbocycles. The molecule has 1 aromatic carbocycles. The summed E-state index contributed by atoms with van der Waals surface area (Å²) in [5.41, 5.74) is 3.26. The molecule has 4 rings (SSSR count). The SMILES string of the molecule is Cc1cncc(C2CCCN2C(=O)c2ccc3oc(C)cc3c2)n1. The summed E-state index contributed by atoms with van der Waals surface area (Å²) in [4.78, 5) is 23.7. The Kier molecular flexibility index (Phi) is 3.56. The van der Waals surface area contributed by atoms with Gasteiger partial charge in [-0.2, -0.15) is 0 Å². The maximum absolute atomic E-state index is 13.0. The number of fused-ring (bicyclic) bond motifs is 1. The van der Waals surface area contributed by atoms with E-state index in [0.717, 1.165) is 47.5 Å². The van der Waals surface area contributed by atoms with Crippen LogP contribution in [0, 0.1) is 13.8 Å². The summed E-state index contributed by atoms with van der Waals surface area (Å²) in [6.45, 7) is 4.59. The van der Waals surface area contributed by atoms with Crippen molar-refractivity contribution >= 4 is 16.9 Å². The predicted octanol–water partition coefficient (Wildman–Crippen LogP) is 3.82. The molecule has 3 heterocycles. The lowest BCUT2D eigenvalue weighted by Crippen LogP contribution is -2.31. The van der Waals surface area contributed by atoms with Crippen LogP contribution >= 0.6 is 0 Å². The molecule has 5 heteroatoms. The fourth-order valence-corrected chi connectivity index (χ4v) is 3.44. The molecule has 1 amide bonds. The zero-order valence-corrected chi connectivity index (χ0v) is 13.8. The molecule has 1 fully saturated rings. The van der Waals surface area contributed by atoms with E-state index in [1.54, 1.807) is 12.4 Å². The monoisotopic (exact) mass is 321 g/mol. The fourth-order valence-electron chi connectivity index (χ4n) is 3.44. The van der Waals surface area contributed by atoms with Gasteiger partial charge < -0.3 is 9.32 Å². The molecular weight excluding hydrogens is 302 g/mol. The predicted molar refractivity (Wildman–Crippen MR) is 90.7 cm³/mol. The van der Waals surface area contributed by atoms with Gasteiger partial charge in [0.25, 0.3) is 5.91 Å². The molecule has 1 aliphatic rings. The van der Waals surface area contributed by atoms with E-state index in [4.69, 9.17) is 4.42 Å². The summed E-state index contributed by atoms with van der Waals surface area (Å²) in [6.07, 6.45) is 5.42. The first-order valence-electron chi connectivity index (χ1n) is 8.21. The first-order chi connectivity index (χ1) is 11.6. The van der Waals surface area contributed by atoms with Crippen molar-refractivity contribution < 1.29 is 9.21 Å². The number of likely N-dealkylation sites (tertiary alicyclic amines) is 1. The average molecular weight is 321 g/mol. The highest BCUT2D eigenvalue weighted by molar-refractivity contribution is 5.98. The number of hydrogen-bond donors (Lipinski definition) is 0. The van der Waals surface area contributed by atoms with Gasteiger partial charge in [0.15, 0.2) is 0 Å². The number of nitrogens with zero attached hydrogens (tertiary/aromatic N) is 3. The Morgan fingerprint density at radius 3 is 2.96 bits per heavy atom. The molecule has 1 unspecified atom stereocenters. The summed E-state index contributed by atoms with van der Waals surface area (Å²) >= 11 is 0. The van der Waals surface area contributed by atoms with Crippen LogP contribution in [0.5, 0.6) is 0 Å². The number of hydrogen-bond acceptors (Lipinski definition) is 4. The number of benzene rings is 1. The smallest absolute Gasteiger partial charge is 0.254 e. The Hall–Kier alpha value is -2.69. The Bertz CT molecular complexity index is 916. The molecule has 2 aromatic heterocycles. The minimum Gasteiger partial charge on any atom is -0.461 e. The van der Waals surface area contributed by atoms with Gasteiger partial charge in [0, 0.05) is 23.7 Å². The quantitative estimate of drug-likeness (QED) is 0.720. The standard InChI is InChI=1S/C19H19N3O2/c1-12-10-20-11-16(21-12)17-4-3-7-22(17)19(23)14-5-6-18-15(9-14)8-13(2)24-18/h5-6,8-11,17H,3-4,7H2,1-2H3.